The lowest BCUT2D eigenvalue weighted by Gasteiger charge is -1.81. The summed E-state index contributed by atoms with van der Waals surface area (Å²) in [5.74, 6) is 0. The van der Waals surface area contributed by atoms with E-state index in [4.69, 9.17) is 0 Å². The zero-order valence-electron chi connectivity index (χ0n) is 5.67. The second-order valence-electron chi connectivity index (χ2n) is 1.61. The Morgan fingerprint density at radius 1 is 1.44 bits per heavy atom. The van der Waals surface area contributed by atoms with Gasteiger partial charge in [-0.3, -0.25) is 4.99 Å². The zero-order valence-corrected chi connectivity index (χ0v) is 5.67. The lowest BCUT2D eigenvalue weighted by molar-refractivity contribution is 1.44. The number of hydrogen-bond donors (Lipinski definition) is 0. The van der Waals surface area contributed by atoms with E-state index in [1.165, 1.54) is 0 Å². The van der Waals surface area contributed by atoms with Gasteiger partial charge in [-0.05, 0) is 12.5 Å². The standard InChI is InChI=1S/C8H11N/c1-4-6-9-7-8(3)5-2/h4-7H,1-2H2,3H3/b8-7-,9-6?. The summed E-state index contributed by atoms with van der Waals surface area (Å²) in [5, 5.41) is 0. The molecule has 0 spiro atoms. The minimum atomic E-state index is 1.05. The van der Waals surface area contributed by atoms with Gasteiger partial charge in [0, 0.05) is 12.4 Å². The molecule has 0 rings (SSSR count). The SMILES string of the molecule is C=CC=N/C=C(/C)C=C. The van der Waals surface area contributed by atoms with Gasteiger partial charge in [-0.1, -0.05) is 25.3 Å². The lowest BCUT2D eigenvalue weighted by atomic mass is 10.3. The molecule has 1 heteroatoms. The quantitative estimate of drug-likeness (QED) is 0.401. The maximum absolute atomic E-state index is 3.88. The van der Waals surface area contributed by atoms with Crippen molar-refractivity contribution < 1.29 is 0 Å². The number of aliphatic imine (C=N–C) groups is 1. The van der Waals surface area contributed by atoms with Gasteiger partial charge in [0.1, 0.15) is 0 Å². The minimum Gasteiger partial charge on any atom is -0.264 e. The fraction of sp³-hybridized carbons (Fsp3) is 0.125. The Balaban J connectivity index is 3.81. The number of rotatable bonds is 3. The first-order valence-corrected chi connectivity index (χ1v) is 2.74. The van der Waals surface area contributed by atoms with Crippen molar-refractivity contribution in [2.75, 3.05) is 0 Å². The zero-order chi connectivity index (χ0) is 7.11. The van der Waals surface area contributed by atoms with Gasteiger partial charge in [-0.15, -0.1) is 0 Å². The van der Waals surface area contributed by atoms with Gasteiger partial charge in [-0.25, -0.2) is 0 Å². The fourth-order valence-corrected chi connectivity index (χ4v) is 0.274. The van der Waals surface area contributed by atoms with Crippen LogP contribution in [0.15, 0.2) is 42.1 Å². The van der Waals surface area contributed by atoms with Crippen LogP contribution in [0, 0.1) is 0 Å². The van der Waals surface area contributed by atoms with Gasteiger partial charge in [0.15, 0.2) is 0 Å². The summed E-state index contributed by atoms with van der Waals surface area (Å²) in [5.41, 5.74) is 1.05. The average molecular weight is 121 g/mol. The van der Waals surface area contributed by atoms with Crippen LogP contribution in [0.5, 0.6) is 0 Å². The van der Waals surface area contributed by atoms with Gasteiger partial charge < -0.3 is 0 Å². The van der Waals surface area contributed by atoms with E-state index in [0.717, 1.165) is 5.57 Å². The Labute approximate surface area is 56.1 Å². The molecule has 0 atom stereocenters. The molecule has 0 heterocycles. The molecule has 0 aromatic carbocycles. The first kappa shape index (κ1) is 7.89. The molecule has 0 aliphatic carbocycles. The van der Waals surface area contributed by atoms with E-state index in [1.54, 1.807) is 24.6 Å². The van der Waals surface area contributed by atoms with Crippen LogP contribution in [0.25, 0.3) is 0 Å². The average Bonchev–Trinajstić information content (AvgIpc) is 1.89. The van der Waals surface area contributed by atoms with E-state index in [0.29, 0.717) is 0 Å². The van der Waals surface area contributed by atoms with Crippen molar-refractivity contribution in [1.82, 2.24) is 0 Å². The fourth-order valence-electron chi connectivity index (χ4n) is 0.274. The lowest BCUT2D eigenvalue weighted by Crippen LogP contribution is -1.63. The van der Waals surface area contributed by atoms with E-state index >= 15 is 0 Å². The highest BCUT2D eigenvalue weighted by molar-refractivity contribution is 5.70. The van der Waals surface area contributed by atoms with E-state index in [1.807, 2.05) is 6.92 Å². The molecule has 0 bridgehead atoms. The van der Waals surface area contributed by atoms with E-state index in [9.17, 15) is 0 Å². The predicted octanol–water partition coefficient (Wildman–Crippen LogP) is 2.33. The van der Waals surface area contributed by atoms with Crippen molar-refractivity contribution in [3.63, 3.8) is 0 Å². The van der Waals surface area contributed by atoms with Gasteiger partial charge in [0.25, 0.3) is 0 Å². The van der Waals surface area contributed by atoms with Crippen LogP contribution >= 0.6 is 0 Å². The van der Waals surface area contributed by atoms with Crippen LogP contribution in [0.1, 0.15) is 6.92 Å². The molecule has 0 radical (unpaired) electrons. The summed E-state index contributed by atoms with van der Waals surface area (Å²) in [4.78, 5) is 3.88. The molecule has 0 saturated carbocycles. The summed E-state index contributed by atoms with van der Waals surface area (Å²) in [6.07, 6.45) is 6.75. The Morgan fingerprint density at radius 2 is 2.11 bits per heavy atom. The molecule has 0 unspecified atom stereocenters. The number of allylic oxidation sites excluding steroid dienone is 3. The van der Waals surface area contributed by atoms with Crippen molar-refractivity contribution in [2.24, 2.45) is 4.99 Å². The monoisotopic (exact) mass is 121 g/mol. The van der Waals surface area contributed by atoms with Crippen molar-refractivity contribution >= 4 is 6.21 Å². The molecule has 0 aliphatic rings. The molecule has 0 fully saturated rings. The largest absolute Gasteiger partial charge is 0.264 e. The maximum Gasteiger partial charge on any atom is 0.0296 e. The van der Waals surface area contributed by atoms with Gasteiger partial charge in [-0.2, -0.15) is 0 Å². The first-order chi connectivity index (χ1) is 4.31. The minimum absolute atomic E-state index is 1.05. The van der Waals surface area contributed by atoms with Crippen LogP contribution in [-0.4, -0.2) is 6.21 Å². The van der Waals surface area contributed by atoms with Crippen LogP contribution in [0.3, 0.4) is 0 Å². The van der Waals surface area contributed by atoms with Crippen molar-refractivity contribution in [1.29, 1.82) is 0 Å². The molecule has 48 valence electrons. The first-order valence-electron chi connectivity index (χ1n) is 2.74. The molecule has 9 heavy (non-hydrogen) atoms. The Bertz CT molecular complexity index is 152. The van der Waals surface area contributed by atoms with Crippen LogP contribution in [0.2, 0.25) is 0 Å². The normalized spacial score (nSPS) is 11.9. The van der Waals surface area contributed by atoms with Gasteiger partial charge >= 0.3 is 0 Å². The van der Waals surface area contributed by atoms with E-state index in [2.05, 4.69) is 18.2 Å². The molecule has 0 aromatic rings. The van der Waals surface area contributed by atoms with Crippen LogP contribution in [0.4, 0.5) is 0 Å². The van der Waals surface area contributed by atoms with Gasteiger partial charge in [0.05, 0.1) is 0 Å². The molecular formula is C8H11N. The summed E-state index contributed by atoms with van der Waals surface area (Å²) >= 11 is 0. The highest BCUT2D eigenvalue weighted by Crippen LogP contribution is 1.90. The summed E-state index contributed by atoms with van der Waals surface area (Å²) in [6, 6.07) is 0. The topological polar surface area (TPSA) is 12.4 Å². The smallest absolute Gasteiger partial charge is 0.0296 e. The predicted molar refractivity (Wildman–Crippen MR) is 42.6 cm³/mol. The number of nitrogens with zero attached hydrogens (tertiary/aromatic N) is 1. The molecule has 0 aliphatic heterocycles. The third-order valence-electron chi connectivity index (χ3n) is 0.792. The number of hydrogen-bond acceptors (Lipinski definition) is 1. The van der Waals surface area contributed by atoms with Crippen molar-refractivity contribution in [3.05, 3.63) is 37.1 Å². The maximum atomic E-state index is 3.88. The molecule has 0 aromatic heterocycles. The summed E-state index contributed by atoms with van der Waals surface area (Å²) in [6.45, 7) is 8.99. The summed E-state index contributed by atoms with van der Waals surface area (Å²) in [7, 11) is 0. The third kappa shape index (κ3) is 4.75. The molecule has 1 nitrogen and oxygen atoms in total. The van der Waals surface area contributed by atoms with Crippen molar-refractivity contribution in [3.8, 4) is 0 Å². The second-order valence-corrected chi connectivity index (χ2v) is 1.61. The van der Waals surface area contributed by atoms with Gasteiger partial charge in [0.2, 0.25) is 0 Å². The Hall–Kier alpha value is -1.11. The molecular weight excluding hydrogens is 110 g/mol. The molecule has 0 N–H and O–H groups in total. The Morgan fingerprint density at radius 3 is 2.56 bits per heavy atom. The highest BCUT2D eigenvalue weighted by atomic mass is 14.7. The molecule has 0 amide bonds. The molecule has 0 saturated heterocycles. The van der Waals surface area contributed by atoms with Crippen LogP contribution < -0.4 is 0 Å². The van der Waals surface area contributed by atoms with E-state index < -0.39 is 0 Å². The summed E-state index contributed by atoms with van der Waals surface area (Å²) < 4.78 is 0. The van der Waals surface area contributed by atoms with Crippen molar-refractivity contribution in [2.45, 2.75) is 6.92 Å². The third-order valence-corrected chi connectivity index (χ3v) is 0.792. The highest BCUT2D eigenvalue weighted by Gasteiger charge is 1.71. The van der Waals surface area contributed by atoms with Crippen LogP contribution in [-0.2, 0) is 0 Å². The van der Waals surface area contributed by atoms with E-state index in [-0.39, 0.29) is 0 Å². The second kappa shape index (κ2) is 5.04. The Kier molecular flexibility index (Phi) is 4.41.